The molecule has 0 unspecified atom stereocenters. The Kier molecular flexibility index (Phi) is 3.23. The lowest BCUT2D eigenvalue weighted by molar-refractivity contribution is 0.0964. The molecule has 0 fully saturated rings. The van der Waals surface area contributed by atoms with Gasteiger partial charge in [-0.1, -0.05) is 12.1 Å². The normalized spacial score (nSPS) is 10.2. The predicted octanol–water partition coefficient (Wildman–Crippen LogP) is 2.08. The Morgan fingerprint density at radius 2 is 2.12 bits per heavy atom. The van der Waals surface area contributed by atoms with Gasteiger partial charge in [0.1, 0.15) is 12.3 Å². The van der Waals surface area contributed by atoms with Crippen molar-refractivity contribution in [1.29, 1.82) is 0 Å². The molecule has 4 heteroatoms. The molecule has 0 saturated heterocycles. The summed E-state index contributed by atoms with van der Waals surface area (Å²) < 4.78 is 6.84. The van der Waals surface area contributed by atoms with Gasteiger partial charge in [0.2, 0.25) is 0 Å². The molecule has 2 aromatic rings. The molecule has 1 aromatic carbocycles. The van der Waals surface area contributed by atoms with Crippen molar-refractivity contribution in [3.63, 3.8) is 0 Å². The van der Waals surface area contributed by atoms with Crippen molar-refractivity contribution < 1.29 is 9.53 Å². The van der Waals surface area contributed by atoms with E-state index in [1.165, 1.54) is 0 Å². The number of ketones is 1. The number of Topliss-reactive ketones (excluding diaryl/α,β-unsaturated/α-hetero) is 1. The fourth-order valence-electron chi connectivity index (χ4n) is 1.66. The van der Waals surface area contributed by atoms with Crippen LogP contribution in [0.2, 0.25) is 0 Å². The first-order valence-electron chi connectivity index (χ1n) is 5.37. The molecule has 0 aliphatic heterocycles. The van der Waals surface area contributed by atoms with Crippen LogP contribution in [0, 0.1) is 6.92 Å². The molecule has 0 amide bonds. The monoisotopic (exact) mass is 230 g/mol. The molecule has 0 aliphatic carbocycles. The maximum absolute atomic E-state index is 12.1. The zero-order chi connectivity index (χ0) is 12.3. The molecule has 1 aromatic heterocycles. The van der Waals surface area contributed by atoms with Gasteiger partial charge in [-0.3, -0.25) is 9.48 Å². The van der Waals surface area contributed by atoms with Gasteiger partial charge in [0, 0.05) is 11.9 Å². The van der Waals surface area contributed by atoms with Gasteiger partial charge in [0.05, 0.1) is 12.7 Å². The molecule has 0 bridgehead atoms. The number of methoxy groups -OCH3 is 1. The minimum atomic E-state index is -0.00532. The molecule has 0 radical (unpaired) electrons. The molecule has 0 aliphatic rings. The summed E-state index contributed by atoms with van der Waals surface area (Å²) in [6.07, 6.45) is 1.69. The summed E-state index contributed by atoms with van der Waals surface area (Å²) in [6, 6.07) is 9.08. The summed E-state index contributed by atoms with van der Waals surface area (Å²) in [5, 5.41) is 4.09. The van der Waals surface area contributed by atoms with E-state index in [4.69, 9.17) is 4.74 Å². The van der Waals surface area contributed by atoms with Gasteiger partial charge in [-0.15, -0.1) is 0 Å². The number of aryl methyl sites for hydroxylation is 1. The highest BCUT2D eigenvalue weighted by molar-refractivity contribution is 5.98. The summed E-state index contributed by atoms with van der Waals surface area (Å²) in [5.74, 6) is 0.594. The van der Waals surface area contributed by atoms with Gasteiger partial charge >= 0.3 is 0 Å². The quantitative estimate of drug-likeness (QED) is 0.755. The maximum Gasteiger partial charge on any atom is 0.187 e. The number of benzene rings is 1. The molecule has 88 valence electrons. The van der Waals surface area contributed by atoms with Crippen LogP contribution in [0.4, 0.5) is 0 Å². The van der Waals surface area contributed by atoms with E-state index in [9.17, 15) is 4.79 Å². The molecular weight excluding hydrogens is 216 g/mol. The number of nitrogens with zero attached hydrogens (tertiary/aromatic N) is 2. The molecule has 0 spiro atoms. The summed E-state index contributed by atoms with van der Waals surface area (Å²) in [6.45, 7) is 2.15. The highest BCUT2D eigenvalue weighted by Crippen LogP contribution is 2.18. The van der Waals surface area contributed by atoms with Crippen LogP contribution in [0.3, 0.4) is 0 Å². The Hall–Kier alpha value is -2.10. The number of hydrogen-bond donors (Lipinski definition) is 0. The molecule has 0 saturated carbocycles. The Morgan fingerprint density at radius 1 is 1.35 bits per heavy atom. The van der Waals surface area contributed by atoms with Crippen molar-refractivity contribution in [2.75, 3.05) is 7.11 Å². The lowest BCUT2D eigenvalue weighted by Crippen LogP contribution is -2.13. The second-order valence-corrected chi connectivity index (χ2v) is 3.75. The highest BCUT2D eigenvalue weighted by atomic mass is 16.5. The van der Waals surface area contributed by atoms with Gasteiger partial charge in [0.25, 0.3) is 0 Å². The van der Waals surface area contributed by atoms with E-state index >= 15 is 0 Å². The minimum Gasteiger partial charge on any atom is -0.496 e. The van der Waals surface area contributed by atoms with Crippen LogP contribution < -0.4 is 4.74 Å². The number of rotatable bonds is 4. The Balaban J connectivity index is 2.23. The number of hydrogen-bond acceptors (Lipinski definition) is 3. The van der Waals surface area contributed by atoms with Crippen LogP contribution in [0.25, 0.3) is 0 Å². The second-order valence-electron chi connectivity index (χ2n) is 3.75. The van der Waals surface area contributed by atoms with Crippen LogP contribution >= 0.6 is 0 Å². The molecule has 17 heavy (non-hydrogen) atoms. The zero-order valence-electron chi connectivity index (χ0n) is 9.88. The fraction of sp³-hybridized carbons (Fsp3) is 0.231. The van der Waals surface area contributed by atoms with Crippen LogP contribution in [0.5, 0.6) is 5.75 Å². The van der Waals surface area contributed by atoms with Crippen LogP contribution in [0.1, 0.15) is 16.1 Å². The lowest BCUT2D eigenvalue weighted by atomic mass is 10.1. The maximum atomic E-state index is 12.1. The van der Waals surface area contributed by atoms with E-state index < -0.39 is 0 Å². The topological polar surface area (TPSA) is 44.1 Å². The summed E-state index contributed by atoms with van der Waals surface area (Å²) >= 11 is 0. The molecular formula is C13H14N2O2. The fourth-order valence-corrected chi connectivity index (χ4v) is 1.66. The number of aromatic nitrogens is 2. The number of para-hydroxylation sites is 1. The van der Waals surface area contributed by atoms with E-state index in [1.54, 1.807) is 30.1 Å². The largest absolute Gasteiger partial charge is 0.496 e. The van der Waals surface area contributed by atoms with Gasteiger partial charge in [-0.25, -0.2) is 0 Å². The van der Waals surface area contributed by atoms with E-state index in [2.05, 4.69) is 5.10 Å². The summed E-state index contributed by atoms with van der Waals surface area (Å²) in [7, 11) is 1.56. The average Bonchev–Trinajstić information content (AvgIpc) is 2.75. The van der Waals surface area contributed by atoms with Gasteiger partial charge < -0.3 is 4.74 Å². The van der Waals surface area contributed by atoms with Crippen LogP contribution in [-0.4, -0.2) is 22.7 Å². The van der Waals surface area contributed by atoms with E-state index in [0.717, 1.165) is 5.69 Å². The predicted molar refractivity (Wildman–Crippen MR) is 64.3 cm³/mol. The lowest BCUT2D eigenvalue weighted by Gasteiger charge is -2.08. The highest BCUT2D eigenvalue weighted by Gasteiger charge is 2.12. The third kappa shape index (κ3) is 2.36. The van der Waals surface area contributed by atoms with Crippen molar-refractivity contribution in [1.82, 2.24) is 9.78 Å². The SMILES string of the molecule is COc1ccccc1C(=O)Cn1nccc1C. The zero-order valence-corrected chi connectivity index (χ0v) is 9.88. The number of ether oxygens (including phenoxy) is 1. The van der Waals surface area contributed by atoms with Gasteiger partial charge in [-0.2, -0.15) is 5.10 Å². The van der Waals surface area contributed by atoms with Crippen LogP contribution in [-0.2, 0) is 6.54 Å². The molecule has 2 rings (SSSR count). The summed E-state index contributed by atoms with van der Waals surface area (Å²) in [4.78, 5) is 12.1. The van der Waals surface area contributed by atoms with Crippen molar-refractivity contribution in [3.05, 3.63) is 47.8 Å². The average molecular weight is 230 g/mol. The molecule has 4 nitrogen and oxygen atoms in total. The first kappa shape index (κ1) is 11.4. The van der Waals surface area contributed by atoms with Crippen molar-refractivity contribution in [3.8, 4) is 5.75 Å². The summed E-state index contributed by atoms with van der Waals surface area (Å²) in [5.41, 5.74) is 1.55. The van der Waals surface area contributed by atoms with E-state index in [1.807, 2.05) is 25.1 Å². The van der Waals surface area contributed by atoms with Crippen molar-refractivity contribution in [2.24, 2.45) is 0 Å². The van der Waals surface area contributed by atoms with Crippen molar-refractivity contribution >= 4 is 5.78 Å². The van der Waals surface area contributed by atoms with Crippen LogP contribution in [0.15, 0.2) is 36.5 Å². The molecule has 1 heterocycles. The molecule has 0 N–H and O–H groups in total. The first-order valence-corrected chi connectivity index (χ1v) is 5.37. The minimum absolute atomic E-state index is 0.00532. The first-order chi connectivity index (χ1) is 8.22. The van der Waals surface area contributed by atoms with E-state index in [-0.39, 0.29) is 12.3 Å². The Morgan fingerprint density at radius 3 is 2.76 bits per heavy atom. The third-order valence-electron chi connectivity index (χ3n) is 2.63. The number of carbonyl (C=O) groups excluding carboxylic acids is 1. The number of carbonyl (C=O) groups is 1. The van der Waals surface area contributed by atoms with E-state index in [0.29, 0.717) is 11.3 Å². The van der Waals surface area contributed by atoms with Crippen molar-refractivity contribution in [2.45, 2.75) is 13.5 Å². The Bertz CT molecular complexity index is 532. The second kappa shape index (κ2) is 4.82. The third-order valence-corrected chi connectivity index (χ3v) is 2.63. The van der Waals surface area contributed by atoms with Gasteiger partial charge in [-0.05, 0) is 25.1 Å². The molecule has 0 atom stereocenters. The van der Waals surface area contributed by atoms with Gasteiger partial charge in [0.15, 0.2) is 5.78 Å². The smallest absolute Gasteiger partial charge is 0.187 e. The standard InChI is InChI=1S/C13H14N2O2/c1-10-7-8-14-15(10)9-12(16)11-5-3-4-6-13(11)17-2/h3-8H,9H2,1-2H3. The Labute approximate surface area is 99.8 Å².